The predicted octanol–water partition coefficient (Wildman–Crippen LogP) is 2.14. The summed E-state index contributed by atoms with van der Waals surface area (Å²) in [6.45, 7) is 6.80. The quantitative estimate of drug-likeness (QED) is 0.820. The van der Waals surface area contributed by atoms with Gasteiger partial charge >= 0.3 is 12.1 Å². The molecule has 7 heteroatoms. The van der Waals surface area contributed by atoms with Crippen LogP contribution >= 0.6 is 0 Å². The second-order valence-electron chi connectivity index (χ2n) is 7.82. The van der Waals surface area contributed by atoms with Crippen LogP contribution in [0.5, 0.6) is 0 Å². The highest BCUT2D eigenvalue weighted by Crippen LogP contribution is 2.40. The van der Waals surface area contributed by atoms with Gasteiger partial charge in [0.25, 0.3) is 0 Å². The largest absolute Gasteiger partial charge is 0.480 e. The van der Waals surface area contributed by atoms with Crippen molar-refractivity contribution in [2.24, 2.45) is 5.92 Å². The molecule has 2 rings (SSSR count). The summed E-state index contributed by atoms with van der Waals surface area (Å²) < 4.78 is 5.16. The van der Waals surface area contributed by atoms with Crippen LogP contribution in [0.1, 0.15) is 59.8 Å². The van der Waals surface area contributed by atoms with Gasteiger partial charge < -0.3 is 20.1 Å². The number of ether oxygens (including phenoxy) is 1. The lowest BCUT2D eigenvalue weighted by atomic mass is 9.84. The molecule has 1 aliphatic carbocycles. The standard InChI is InChI=1S/C17H28N2O5/c1-10(18-16(23)24-17(2,3)4)14(20)19-12-8-6-5-7-11(12)9-13(19)15(21)22/h10-13H,5-9H2,1-4H3,(H,18,23)(H,21,22)/t10-,11?,12?,13-/m0/s1. The molecule has 0 aromatic carbocycles. The summed E-state index contributed by atoms with van der Waals surface area (Å²) in [5, 5.41) is 12.0. The second-order valence-corrected chi connectivity index (χ2v) is 7.82. The third-order valence-electron chi connectivity index (χ3n) is 4.73. The van der Waals surface area contributed by atoms with Crippen molar-refractivity contribution in [1.29, 1.82) is 0 Å². The molecule has 2 N–H and O–H groups in total. The molecular formula is C17H28N2O5. The van der Waals surface area contributed by atoms with E-state index < -0.39 is 29.7 Å². The maximum atomic E-state index is 12.8. The fraction of sp³-hybridized carbons (Fsp3) is 0.824. The van der Waals surface area contributed by atoms with Crippen LogP contribution in [0.4, 0.5) is 4.79 Å². The van der Waals surface area contributed by atoms with E-state index in [0.29, 0.717) is 6.42 Å². The number of hydrogen-bond donors (Lipinski definition) is 2. The number of amides is 2. The Morgan fingerprint density at radius 1 is 1.21 bits per heavy atom. The molecule has 2 unspecified atom stereocenters. The molecule has 2 amide bonds. The molecule has 1 aliphatic heterocycles. The molecule has 24 heavy (non-hydrogen) atoms. The van der Waals surface area contributed by atoms with Crippen molar-refractivity contribution >= 4 is 18.0 Å². The highest BCUT2D eigenvalue weighted by atomic mass is 16.6. The van der Waals surface area contributed by atoms with Crippen molar-refractivity contribution in [3.05, 3.63) is 0 Å². The number of aliphatic carboxylic acids is 1. The van der Waals surface area contributed by atoms with Gasteiger partial charge in [0.15, 0.2) is 0 Å². The van der Waals surface area contributed by atoms with Crippen LogP contribution in [0.2, 0.25) is 0 Å². The number of rotatable bonds is 3. The summed E-state index contributed by atoms with van der Waals surface area (Å²) in [5.41, 5.74) is -0.654. The number of likely N-dealkylation sites (tertiary alicyclic amines) is 1. The number of carbonyl (C=O) groups is 3. The Morgan fingerprint density at radius 3 is 2.42 bits per heavy atom. The van der Waals surface area contributed by atoms with Crippen molar-refractivity contribution < 1.29 is 24.2 Å². The van der Waals surface area contributed by atoms with Crippen LogP contribution in [-0.2, 0) is 14.3 Å². The molecule has 0 aromatic heterocycles. The van der Waals surface area contributed by atoms with Crippen molar-refractivity contribution in [1.82, 2.24) is 10.2 Å². The molecular weight excluding hydrogens is 312 g/mol. The molecule has 0 bridgehead atoms. The van der Waals surface area contributed by atoms with Crippen LogP contribution in [0.25, 0.3) is 0 Å². The first-order valence-corrected chi connectivity index (χ1v) is 8.64. The summed E-state index contributed by atoms with van der Waals surface area (Å²) in [6.07, 6.45) is 3.72. The van der Waals surface area contributed by atoms with Crippen LogP contribution in [0.3, 0.4) is 0 Å². The zero-order chi connectivity index (χ0) is 18.1. The summed E-state index contributed by atoms with van der Waals surface area (Å²) in [5.74, 6) is -1.07. The first-order chi connectivity index (χ1) is 11.1. The first kappa shape index (κ1) is 18.5. The average molecular weight is 340 g/mol. The summed E-state index contributed by atoms with van der Waals surface area (Å²) in [6, 6.07) is -1.65. The van der Waals surface area contributed by atoms with E-state index in [1.165, 1.54) is 4.90 Å². The van der Waals surface area contributed by atoms with Crippen molar-refractivity contribution in [3.8, 4) is 0 Å². The first-order valence-electron chi connectivity index (χ1n) is 8.64. The number of alkyl carbamates (subject to hydrolysis) is 1. The normalized spacial score (nSPS) is 28.0. The number of hydrogen-bond acceptors (Lipinski definition) is 4. The smallest absolute Gasteiger partial charge is 0.408 e. The van der Waals surface area contributed by atoms with E-state index in [0.717, 1.165) is 25.7 Å². The monoisotopic (exact) mass is 340 g/mol. The van der Waals surface area contributed by atoms with Crippen molar-refractivity contribution in [2.45, 2.75) is 83.5 Å². The molecule has 1 heterocycles. The van der Waals surface area contributed by atoms with Crippen LogP contribution in [0.15, 0.2) is 0 Å². The zero-order valence-corrected chi connectivity index (χ0v) is 14.9. The van der Waals surface area contributed by atoms with Crippen molar-refractivity contribution in [3.63, 3.8) is 0 Å². The highest BCUT2D eigenvalue weighted by Gasteiger charge is 2.48. The van der Waals surface area contributed by atoms with Gasteiger partial charge in [-0.25, -0.2) is 9.59 Å². The lowest BCUT2D eigenvalue weighted by Crippen LogP contribution is -2.54. The summed E-state index contributed by atoms with van der Waals surface area (Å²) in [4.78, 5) is 37.8. The lowest BCUT2D eigenvalue weighted by molar-refractivity contribution is -0.150. The number of carbonyl (C=O) groups excluding carboxylic acids is 2. The van der Waals surface area contributed by atoms with Gasteiger partial charge in [0, 0.05) is 6.04 Å². The molecule has 4 atom stereocenters. The van der Waals surface area contributed by atoms with Gasteiger partial charge in [0.2, 0.25) is 5.91 Å². The minimum Gasteiger partial charge on any atom is -0.480 e. The fourth-order valence-corrected chi connectivity index (χ4v) is 3.77. The predicted molar refractivity (Wildman–Crippen MR) is 87.5 cm³/mol. The second kappa shape index (κ2) is 6.99. The average Bonchev–Trinajstić information content (AvgIpc) is 2.83. The van der Waals surface area contributed by atoms with E-state index in [-0.39, 0.29) is 17.9 Å². The zero-order valence-electron chi connectivity index (χ0n) is 14.9. The van der Waals surface area contributed by atoms with Crippen LogP contribution in [-0.4, -0.2) is 51.7 Å². The number of carboxylic acid groups (broad SMARTS) is 1. The Balaban J connectivity index is 2.07. The van der Waals surface area contributed by atoms with Gasteiger partial charge in [0.05, 0.1) is 0 Å². The van der Waals surface area contributed by atoms with Gasteiger partial charge in [-0.3, -0.25) is 4.79 Å². The van der Waals surface area contributed by atoms with E-state index in [4.69, 9.17) is 4.74 Å². The Kier molecular flexibility index (Phi) is 5.40. The molecule has 2 aliphatic rings. The molecule has 2 fully saturated rings. The highest BCUT2D eigenvalue weighted by molar-refractivity contribution is 5.90. The van der Waals surface area contributed by atoms with E-state index in [2.05, 4.69) is 5.32 Å². The molecule has 0 radical (unpaired) electrons. The van der Waals surface area contributed by atoms with E-state index >= 15 is 0 Å². The topological polar surface area (TPSA) is 95.9 Å². The number of fused-ring (bicyclic) bond motifs is 1. The Hall–Kier alpha value is -1.79. The lowest BCUT2D eigenvalue weighted by Gasteiger charge is -2.34. The van der Waals surface area contributed by atoms with E-state index in [9.17, 15) is 19.5 Å². The van der Waals surface area contributed by atoms with Gasteiger partial charge in [-0.05, 0) is 52.9 Å². The van der Waals surface area contributed by atoms with Gasteiger partial charge in [-0.15, -0.1) is 0 Å². The molecule has 0 spiro atoms. The van der Waals surface area contributed by atoms with Crippen LogP contribution < -0.4 is 5.32 Å². The molecule has 1 saturated carbocycles. The summed E-state index contributed by atoms with van der Waals surface area (Å²) in [7, 11) is 0. The maximum Gasteiger partial charge on any atom is 0.408 e. The maximum absolute atomic E-state index is 12.8. The molecule has 136 valence electrons. The third-order valence-corrected chi connectivity index (χ3v) is 4.73. The number of nitrogens with zero attached hydrogens (tertiary/aromatic N) is 1. The van der Waals surface area contributed by atoms with Crippen molar-refractivity contribution in [2.75, 3.05) is 0 Å². The summed E-state index contributed by atoms with van der Waals surface area (Å²) >= 11 is 0. The minimum atomic E-state index is -0.970. The van der Waals surface area contributed by atoms with Gasteiger partial charge in [-0.1, -0.05) is 12.8 Å². The Labute approximate surface area is 142 Å². The Morgan fingerprint density at radius 2 is 1.83 bits per heavy atom. The SMILES string of the molecule is C[C@H](NC(=O)OC(C)(C)C)C(=O)N1C2CCCCC2C[C@H]1C(=O)O. The molecule has 1 saturated heterocycles. The third kappa shape index (κ3) is 4.19. The molecule has 7 nitrogen and oxygen atoms in total. The van der Waals surface area contributed by atoms with Crippen LogP contribution in [0, 0.1) is 5.92 Å². The fourth-order valence-electron chi connectivity index (χ4n) is 3.77. The van der Waals surface area contributed by atoms with E-state index in [1.54, 1.807) is 27.7 Å². The van der Waals surface area contributed by atoms with E-state index in [1.807, 2.05) is 0 Å². The molecule has 0 aromatic rings. The van der Waals surface area contributed by atoms with Gasteiger partial charge in [-0.2, -0.15) is 0 Å². The Bertz CT molecular complexity index is 514. The minimum absolute atomic E-state index is 0.0322. The number of carboxylic acids is 1. The number of nitrogens with one attached hydrogen (secondary N) is 1. The van der Waals surface area contributed by atoms with Gasteiger partial charge in [0.1, 0.15) is 17.7 Å².